The molecule has 1 heterocycles. The Balaban J connectivity index is 2.84. The molecule has 13 heavy (non-hydrogen) atoms. The van der Waals surface area contributed by atoms with E-state index in [4.69, 9.17) is 0 Å². The topological polar surface area (TPSA) is 34.0 Å². The largest absolute Gasteiger partial charge is 0.315 e. The van der Waals surface area contributed by atoms with E-state index in [1.54, 1.807) is 10.6 Å². The lowest BCUT2D eigenvalue weighted by molar-refractivity contribution is 0.505. The van der Waals surface area contributed by atoms with Crippen LogP contribution in [0.15, 0.2) is 23.1 Å². The number of likely N-dealkylation sites (N-methyl/N-ethyl adjacent to an activating group) is 1. The van der Waals surface area contributed by atoms with Crippen LogP contribution in [0, 0.1) is 6.92 Å². The minimum atomic E-state index is 0.0714. The Morgan fingerprint density at radius 1 is 1.62 bits per heavy atom. The maximum atomic E-state index is 11.4. The summed E-state index contributed by atoms with van der Waals surface area (Å²) in [5, 5.41) is 3.10. The molecular formula is C10H16N2O. The first kappa shape index (κ1) is 9.99. The summed E-state index contributed by atoms with van der Waals surface area (Å²) in [4.78, 5) is 11.4. The molecule has 1 atom stereocenters. The van der Waals surface area contributed by atoms with E-state index >= 15 is 0 Å². The fourth-order valence-electron chi connectivity index (χ4n) is 1.14. The summed E-state index contributed by atoms with van der Waals surface area (Å²) in [5.74, 6) is 0. The zero-order valence-electron chi connectivity index (χ0n) is 8.37. The highest BCUT2D eigenvalue weighted by Gasteiger charge is 2.00. The number of nitrogens with one attached hydrogen (secondary N) is 1. The van der Waals surface area contributed by atoms with Crippen LogP contribution >= 0.6 is 0 Å². The predicted octanol–water partition coefficient (Wildman–Crippen LogP) is 0.765. The molecule has 1 unspecified atom stereocenters. The van der Waals surface area contributed by atoms with Crippen molar-refractivity contribution in [3.63, 3.8) is 0 Å². The van der Waals surface area contributed by atoms with Crippen molar-refractivity contribution in [3.8, 4) is 0 Å². The van der Waals surface area contributed by atoms with Crippen molar-refractivity contribution in [2.24, 2.45) is 0 Å². The van der Waals surface area contributed by atoms with Crippen LogP contribution in [0.5, 0.6) is 0 Å². The number of rotatable bonds is 3. The molecule has 0 saturated heterocycles. The van der Waals surface area contributed by atoms with Gasteiger partial charge in [-0.1, -0.05) is 0 Å². The monoisotopic (exact) mass is 180 g/mol. The van der Waals surface area contributed by atoms with Gasteiger partial charge < -0.3 is 9.88 Å². The van der Waals surface area contributed by atoms with E-state index in [1.807, 2.05) is 33.2 Å². The Morgan fingerprint density at radius 2 is 2.31 bits per heavy atom. The molecule has 0 bridgehead atoms. The highest BCUT2D eigenvalue weighted by atomic mass is 16.1. The van der Waals surface area contributed by atoms with Crippen molar-refractivity contribution >= 4 is 0 Å². The van der Waals surface area contributed by atoms with Gasteiger partial charge in [-0.05, 0) is 32.5 Å². The van der Waals surface area contributed by atoms with Crippen molar-refractivity contribution in [2.45, 2.75) is 26.4 Å². The van der Waals surface area contributed by atoms with Gasteiger partial charge >= 0.3 is 0 Å². The van der Waals surface area contributed by atoms with E-state index < -0.39 is 0 Å². The molecule has 0 aliphatic rings. The van der Waals surface area contributed by atoms with E-state index in [0.29, 0.717) is 6.04 Å². The quantitative estimate of drug-likeness (QED) is 0.745. The van der Waals surface area contributed by atoms with Crippen molar-refractivity contribution < 1.29 is 0 Å². The van der Waals surface area contributed by atoms with Gasteiger partial charge in [0, 0.05) is 24.8 Å². The summed E-state index contributed by atoms with van der Waals surface area (Å²) < 4.78 is 1.72. The molecule has 0 aromatic carbocycles. The summed E-state index contributed by atoms with van der Waals surface area (Å²) in [6.45, 7) is 4.69. The van der Waals surface area contributed by atoms with Crippen LogP contribution in [0.2, 0.25) is 0 Å². The minimum absolute atomic E-state index is 0.0714. The smallest absolute Gasteiger partial charge is 0.250 e. The number of hydrogen-bond donors (Lipinski definition) is 1. The molecule has 0 radical (unpaired) electrons. The van der Waals surface area contributed by atoms with Gasteiger partial charge in [0.1, 0.15) is 0 Å². The Kier molecular flexibility index (Phi) is 3.25. The second-order valence-electron chi connectivity index (χ2n) is 3.38. The van der Waals surface area contributed by atoms with Crippen LogP contribution in [0.25, 0.3) is 0 Å². The Morgan fingerprint density at radius 3 is 2.85 bits per heavy atom. The number of pyridine rings is 1. The van der Waals surface area contributed by atoms with Gasteiger partial charge in [-0.3, -0.25) is 4.79 Å². The predicted molar refractivity (Wildman–Crippen MR) is 54.0 cm³/mol. The number of aromatic nitrogens is 1. The van der Waals surface area contributed by atoms with E-state index in [9.17, 15) is 4.79 Å². The summed E-state index contributed by atoms with van der Waals surface area (Å²) in [7, 11) is 1.89. The van der Waals surface area contributed by atoms with Gasteiger partial charge in [0.25, 0.3) is 5.56 Å². The molecule has 0 fully saturated rings. The summed E-state index contributed by atoms with van der Waals surface area (Å²) in [5.41, 5.74) is 1.08. The van der Waals surface area contributed by atoms with Gasteiger partial charge in [-0.15, -0.1) is 0 Å². The van der Waals surface area contributed by atoms with Crippen LogP contribution in [0.1, 0.15) is 12.5 Å². The van der Waals surface area contributed by atoms with Crippen LogP contribution < -0.4 is 10.9 Å². The SMILES string of the molecule is CNC(C)Cn1ccc(C)cc1=O. The number of aryl methyl sites for hydroxylation is 1. The molecule has 1 N–H and O–H groups in total. The Labute approximate surface area is 78.4 Å². The molecule has 0 saturated carbocycles. The lowest BCUT2D eigenvalue weighted by Gasteiger charge is -2.11. The van der Waals surface area contributed by atoms with E-state index in [-0.39, 0.29) is 5.56 Å². The number of nitrogens with zero attached hydrogens (tertiary/aromatic N) is 1. The third kappa shape index (κ3) is 2.70. The zero-order valence-corrected chi connectivity index (χ0v) is 8.37. The molecule has 3 heteroatoms. The molecule has 0 aliphatic heterocycles. The van der Waals surface area contributed by atoms with Crippen LogP contribution in [-0.2, 0) is 6.54 Å². The first-order chi connectivity index (χ1) is 6.13. The highest BCUT2D eigenvalue weighted by Crippen LogP contribution is 1.92. The molecule has 0 spiro atoms. The molecule has 1 rings (SSSR count). The fraction of sp³-hybridized carbons (Fsp3) is 0.500. The minimum Gasteiger partial charge on any atom is -0.315 e. The second-order valence-corrected chi connectivity index (χ2v) is 3.38. The molecular weight excluding hydrogens is 164 g/mol. The van der Waals surface area contributed by atoms with Gasteiger partial charge in [0.05, 0.1) is 0 Å². The highest BCUT2D eigenvalue weighted by molar-refractivity contribution is 5.08. The molecule has 0 aliphatic carbocycles. The van der Waals surface area contributed by atoms with Crippen LogP contribution in [-0.4, -0.2) is 17.7 Å². The first-order valence-electron chi connectivity index (χ1n) is 4.48. The fourth-order valence-corrected chi connectivity index (χ4v) is 1.14. The molecule has 72 valence electrons. The van der Waals surface area contributed by atoms with Gasteiger partial charge in [-0.2, -0.15) is 0 Å². The maximum absolute atomic E-state index is 11.4. The van der Waals surface area contributed by atoms with Crippen LogP contribution in [0.4, 0.5) is 0 Å². The summed E-state index contributed by atoms with van der Waals surface area (Å²) in [6, 6.07) is 3.92. The lowest BCUT2D eigenvalue weighted by Crippen LogP contribution is -2.31. The van der Waals surface area contributed by atoms with Crippen molar-refractivity contribution in [1.29, 1.82) is 0 Å². The van der Waals surface area contributed by atoms with Gasteiger partial charge in [-0.25, -0.2) is 0 Å². The van der Waals surface area contributed by atoms with E-state index in [1.165, 1.54) is 0 Å². The van der Waals surface area contributed by atoms with Crippen molar-refractivity contribution in [3.05, 3.63) is 34.2 Å². The van der Waals surface area contributed by atoms with E-state index in [2.05, 4.69) is 5.32 Å². The zero-order chi connectivity index (χ0) is 9.84. The molecule has 1 aromatic rings. The van der Waals surface area contributed by atoms with E-state index in [0.717, 1.165) is 12.1 Å². The first-order valence-corrected chi connectivity index (χ1v) is 4.48. The standard InChI is InChI=1S/C10H16N2O/c1-8-4-5-12(10(13)6-8)7-9(2)11-3/h4-6,9,11H,7H2,1-3H3. The molecule has 1 aromatic heterocycles. The molecule has 3 nitrogen and oxygen atoms in total. The second kappa shape index (κ2) is 4.23. The average Bonchev–Trinajstić information content (AvgIpc) is 2.09. The number of hydrogen-bond acceptors (Lipinski definition) is 2. The van der Waals surface area contributed by atoms with Crippen LogP contribution in [0.3, 0.4) is 0 Å². The van der Waals surface area contributed by atoms with Gasteiger partial charge in [0.2, 0.25) is 0 Å². The summed E-state index contributed by atoms with van der Waals surface area (Å²) >= 11 is 0. The Hall–Kier alpha value is -1.09. The van der Waals surface area contributed by atoms with Crippen molar-refractivity contribution in [1.82, 2.24) is 9.88 Å². The lowest BCUT2D eigenvalue weighted by atomic mass is 10.3. The summed E-state index contributed by atoms with van der Waals surface area (Å²) in [6.07, 6.45) is 1.84. The van der Waals surface area contributed by atoms with Gasteiger partial charge in [0.15, 0.2) is 0 Å². The normalized spacial score (nSPS) is 12.8. The van der Waals surface area contributed by atoms with Crippen molar-refractivity contribution in [2.75, 3.05) is 7.05 Å². The third-order valence-corrected chi connectivity index (χ3v) is 2.11. The third-order valence-electron chi connectivity index (χ3n) is 2.11. The molecule has 0 amide bonds. The Bertz CT molecular complexity index is 330. The average molecular weight is 180 g/mol. The maximum Gasteiger partial charge on any atom is 0.250 e.